The first-order valence-electron chi connectivity index (χ1n) is 6.03. The van der Waals surface area contributed by atoms with Gasteiger partial charge in [0.05, 0.1) is 0 Å². The van der Waals surface area contributed by atoms with Crippen LogP contribution in [0.25, 0.3) is 0 Å². The molecule has 0 saturated carbocycles. The molecule has 1 atom stereocenters. The average molecular weight is 235 g/mol. The lowest BCUT2D eigenvalue weighted by Crippen LogP contribution is -2.23. The molecule has 3 heteroatoms. The van der Waals surface area contributed by atoms with Crippen molar-refractivity contribution in [3.8, 4) is 6.07 Å². The molecule has 0 N–H and O–H groups in total. The lowest BCUT2D eigenvalue weighted by molar-refractivity contribution is 0.758. The molecular formula is C15H13N3. The standard InChI is InChI=1S/C15H13N3/c1-11-8-12-4-2-3-5-15(12)18(11)14-6-7-17-13(9-14)10-16/h2-7,9,11H,8H2,1H3. The van der Waals surface area contributed by atoms with Crippen LogP contribution < -0.4 is 4.90 Å². The zero-order valence-electron chi connectivity index (χ0n) is 10.2. The van der Waals surface area contributed by atoms with Crippen molar-refractivity contribution < 1.29 is 0 Å². The van der Waals surface area contributed by atoms with Crippen LogP contribution in [0.1, 0.15) is 18.2 Å². The number of pyridine rings is 1. The first kappa shape index (κ1) is 10.8. The predicted molar refractivity (Wildman–Crippen MR) is 70.7 cm³/mol. The van der Waals surface area contributed by atoms with Gasteiger partial charge in [0.25, 0.3) is 0 Å². The summed E-state index contributed by atoms with van der Waals surface area (Å²) in [6, 6.07) is 14.7. The van der Waals surface area contributed by atoms with Gasteiger partial charge in [-0.1, -0.05) is 18.2 Å². The zero-order chi connectivity index (χ0) is 12.5. The molecule has 88 valence electrons. The summed E-state index contributed by atoms with van der Waals surface area (Å²) in [5.41, 5.74) is 4.10. The Labute approximate surface area is 106 Å². The number of hydrogen-bond acceptors (Lipinski definition) is 3. The van der Waals surface area contributed by atoms with Crippen molar-refractivity contribution in [1.29, 1.82) is 5.26 Å². The summed E-state index contributed by atoms with van der Waals surface area (Å²) in [4.78, 5) is 6.30. The van der Waals surface area contributed by atoms with Crippen LogP contribution in [0.2, 0.25) is 0 Å². The Morgan fingerprint density at radius 2 is 2.17 bits per heavy atom. The van der Waals surface area contributed by atoms with E-state index in [4.69, 9.17) is 5.26 Å². The fraction of sp³-hybridized carbons (Fsp3) is 0.200. The van der Waals surface area contributed by atoms with Crippen molar-refractivity contribution >= 4 is 11.4 Å². The van der Waals surface area contributed by atoms with E-state index in [0.29, 0.717) is 11.7 Å². The van der Waals surface area contributed by atoms with E-state index >= 15 is 0 Å². The van der Waals surface area contributed by atoms with E-state index in [-0.39, 0.29) is 0 Å². The van der Waals surface area contributed by atoms with Crippen LogP contribution in [0.4, 0.5) is 11.4 Å². The first-order valence-corrected chi connectivity index (χ1v) is 6.03. The Hall–Kier alpha value is -2.34. The van der Waals surface area contributed by atoms with Crippen molar-refractivity contribution in [1.82, 2.24) is 4.98 Å². The van der Waals surface area contributed by atoms with E-state index in [2.05, 4.69) is 47.1 Å². The summed E-state index contributed by atoms with van der Waals surface area (Å²) in [7, 11) is 0. The number of hydrogen-bond donors (Lipinski definition) is 0. The smallest absolute Gasteiger partial charge is 0.142 e. The minimum Gasteiger partial charge on any atom is -0.338 e. The van der Waals surface area contributed by atoms with Gasteiger partial charge in [-0.05, 0) is 37.1 Å². The molecular weight excluding hydrogens is 222 g/mol. The molecule has 3 rings (SSSR count). The molecule has 0 radical (unpaired) electrons. The van der Waals surface area contributed by atoms with E-state index in [0.717, 1.165) is 12.1 Å². The van der Waals surface area contributed by atoms with Crippen molar-refractivity contribution in [2.75, 3.05) is 4.90 Å². The number of nitrogens with zero attached hydrogens (tertiary/aromatic N) is 3. The third-order valence-corrected chi connectivity index (χ3v) is 3.34. The van der Waals surface area contributed by atoms with Crippen LogP contribution in [0, 0.1) is 11.3 Å². The molecule has 3 nitrogen and oxygen atoms in total. The van der Waals surface area contributed by atoms with Crippen molar-refractivity contribution in [2.24, 2.45) is 0 Å². The van der Waals surface area contributed by atoms with Gasteiger partial charge in [0, 0.05) is 23.6 Å². The van der Waals surface area contributed by atoms with Gasteiger partial charge in [0.1, 0.15) is 11.8 Å². The molecule has 0 saturated heterocycles. The van der Waals surface area contributed by atoms with Crippen molar-refractivity contribution in [3.63, 3.8) is 0 Å². The summed E-state index contributed by atoms with van der Waals surface area (Å²) in [6.07, 6.45) is 2.74. The monoisotopic (exact) mass is 235 g/mol. The van der Waals surface area contributed by atoms with E-state index in [1.54, 1.807) is 6.20 Å². The molecule has 1 aromatic carbocycles. The van der Waals surface area contributed by atoms with Gasteiger partial charge in [-0.25, -0.2) is 4.98 Å². The van der Waals surface area contributed by atoms with Crippen LogP contribution in [0.15, 0.2) is 42.6 Å². The molecule has 0 aliphatic carbocycles. The largest absolute Gasteiger partial charge is 0.338 e. The number of fused-ring (bicyclic) bond motifs is 1. The van der Waals surface area contributed by atoms with Gasteiger partial charge in [0.2, 0.25) is 0 Å². The lowest BCUT2D eigenvalue weighted by atomic mass is 10.1. The number of para-hydroxylation sites is 1. The fourth-order valence-corrected chi connectivity index (χ4v) is 2.59. The number of aromatic nitrogens is 1. The number of nitriles is 1. The minimum absolute atomic E-state index is 0.413. The van der Waals surface area contributed by atoms with Crippen LogP contribution in [-0.2, 0) is 6.42 Å². The van der Waals surface area contributed by atoms with Gasteiger partial charge in [0.15, 0.2) is 0 Å². The maximum atomic E-state index is 8.93. The van der Waals surface area contributed by atoms with Gasteiger partial charge >= 0.3 is 0 Å². The molecule has 2 heterocycles. The molecule has 1 aliphatic heterocycles. The summed E-state index contributed by atoms with van der Waals surface area (Å²) in [6.45, 7) is 2.20. The van der Waals surface area contributed by atoms with E-state index in [1.807, 2.05) is 12.1 Å². The van der Waals surface area contributed by atoms with E-state index in [9.17, 15) is 0 Å². The highest BCUT2D eigenvalue weighted by Crippen LogP contribution is 2.37. The average Bonchev–Trinajstić information content (AvgIpc) is 2.74. The Bertz CT molecular complexity index is 628. The highest BCUT2D eigenvalue weighted by Gasteiger charge is 2.26. The van der Waals surface area contributed by atoms with Gasteiger partial charge < -0.3 is 4.90 Å². The van der Waals surface area contributed by atoms with Crippen molar-refractivity contribution in [3.05, 3.63) is 53.9 Å². The van der Waals surface area contributed by atoms with Gasteiger partial charge in [-0.15, -0.1) is 0 Å². The van der Waals surface area contributed by atoms with Gasteiger partial charge in [-0.3, -0.25) is 0 Å². The summed E-state index contributed by atoms with van der Waals surface area (Å²) in [5.74, 6) is 0. The highest BCUT2D eigenvalue weighted by molar-refractivity contribution is 5.71. The molecule has 0 fully saturated rings. The van der Waals surface area contributed by atoms with Crippen LogP contribution in [0.5, 0.6) is 0 Å². The number of rotatable bonds is 1. The van der Waals surface area contributed by atoms with Gasteiger partial charge in [-0.2, -0.15) is 5.26 Å². The first-order chi connectivity index (χ1) is 8.79. The number of anilines is 2. The Kier molecular flexibility index (Phi) is 2.49. The van der Waals surface area contributed by atoms with Crippen LogP contribution in [0.3, 0.4) is 0 Å². The minimum atomic E-state index is 0.413. The second kappa shape index (κ2) is 4.15. The fourth-order valence-electron chi connectivity index (χ4n) is 2.59. The molecule has 2 aromatic rings. The molecule has 1 aliphatic rings. The van der Waals surface area contributed by atoms with E-state index in [1.165, 1.54) is 11.3 Å². The summed E-state index contributed by atoms with van der Waals surface area (Å²) in [5, 5.41) is 8.93. The van der Waals surface area contributed by atoms with Crippen molar-refractivity contribution in [2.45, 2.75) is 19.4 Å². The molecule has 0 spiro atoms. The molecule has 18 heavy (non-hydrogen) atoms. The molecule has 1 aromatic heterocycles. The third kappa shape index (κ3) is 1.63. The Balaban J connectivity index is 2.09. The highest BCUT2D eigenvalue weighted by atomic mass is 15.2. The third-order valence-electron chi connectivity index (χ3n) is 3.34. The second-order valence-corrected chi connectivity index (χ2v) is 4.56. The molecule has 1 unspecified atom stereocenters. The zero-order valence-corrected chi connectivity index (χ0v) is 10.2. The quantitative estimate of drug-likeness (QED) is 0.762. The second-order valence-electron chi connectivity index (χ2n) is 4.56. The predicted octanol–water partition coefficient (Wildman–Crippen LogP) is 3.04. The van der Waals surface area contributed by atoms with E-state index < -0.39 is 0 Å². The summed E-state index contributed by atoms with van der Waals surface area (Å²) < 4.78 is 0. The molecule has 0 bridgehead atoms. The normalized spacial score (nSPS) is 17.3. The maximum absolute atomic E-state index is 8.93. The Morgan fingerprint density at radius 1 is 1.33 bits per heavy atom. The maximum Gasteiger partial charge on any atom is 0.142 e. The molecule has 0 amide bonds. The van der Waals surface area contributed by atoms with Crippen LogP contribution in [-0.4, -0.2) is 11.0 Å². The SMILES string of the molecule is CC1Cc2ccccc2N1c1ccnc(C#N)c1. The lowest BCUT2D eigenvalue weighted by Gasteiger charge is -2.24. The number of benzene rings is 1. The van der Waals surface area contributed by atoms with Crippen LogP contribution >= 0.6 is 0 Å². The topological polar surface area (TPSA) is 39.9 Å². The summed E-state index contributed by atoms with van der Waals surface area (Å²) >= 11 is 0. The Morgan fingerprint density at radius 3 is 3.00 bits per heavy atom.